The van der Waals surface area contributed by atoms with Gasteiger partial charge in [-0.1, -0.05) is 11.3 Å². The molecule has 3 rings (SSSR count). The van der Waals surface area contributed by atoms with E-state index < -0.39 is 0 Å². The Kier molecular flexibility index (Phi) is 4.76. The molecule has 0 spiro atoms. The van der Waals surface area contributed by atoms with Crippen molar-refractivity contribution in [1.82, 2.24) is 15.5 Å². The van der Waals surface area contributed by atoms with Crippen LogP contribution in [0.15, 0.2) is 0 Å². The maximum absolute atomic E-state index is 11.9. The summed E-state index contributed by atoms with van der Waals surface area (Å²) in [6.45, 7) is 1.89. The van der Waals surface area contributed by atoms with E-state index in [1.54, 1.807) is 0 Å². The molecule has 2 saturated heterocycles. The highest BCUT2D eigenvalue weighted by Gasteiger charge is 2.34. The molecule has 2 atom stereocenters. The average Bonchev–Trinajstić information content (AvgIpc) is 2.85. The lowest BCUT2D eigenvalue weighted by atomic mass is 9.89. The molecule has 2 N–H and O–H groups in total. The molecule has 1 aromatic heterocycles. The first kappa shape index (κ1) is 14.7. The number of anilines is 1. The molecule has 5 nitrogen and oxygen atoms in total. The lowest BCUT2D eigenvalue weighted by Gasteiger charge is -2.28. The molecule has 0 aliphatic carbocycles. The first-order chi connectivity index (χ1) is 8.69. The molecular weight excluding hydrogens is 284 g/mol. The van der Waals surface area contributed by atoms with Crippen LogP contribution in [0, 0.1) is 12.8 Å². The van der Waals surface area contributed by atoms with Gasteiger partial charge in [0.1, 0.15) is 5.01 Å². The van der Waals surface area contributed by atoms with Crippen LogP contribution in [0.4, 0.5) is 5.13 Å². The van der Waals surface area contributed by atoms with E-state index in [0.717, 1.165) is 17.8 Å². The van der Waals surface area contributed by atoms with E-state index in [2.05, 4.69) is 20.8 Å². The molecule has 106 valence electrons. The molecule has 2 unspecified atom stereocenters. The monoisotopic (exact) mass is 302 g/mol. The van der Waals surface area contributed by atoms with Crippen molar-refractivity contribution in [2.24, 2.45) is 5.92 Å². The van der Waals surface area contributed by atoms with Gasteiger partial charge in [0.25, 0.3) is 0 Å². The first-order valence-electron chi connectivity index (χ1n) is 6.55. The smallest absolute Gasteiger partial charge is 0.226 e. The molecule has 0 radical (unpaired) electrons. The van der Waals surface area contributed by atoms with E-state index in [1.807, 2.05) is 6.92 Å². The van der Waals surface area contributed by atoms with Gasteiger partial charge in [-0.3, -0.25) is 4.79 Å². The number of nitrogens with one attached hydrogen (secondary N) is 2. The fourth-order valence-corrected chi connectivity index (χ4v) is 3.73. The number of nitrogens with zero attached hydrogens (tertiary/aromatic N) is 2. The van der Waals surface area contributed by atoms with E-state index in [4.69, 9.17) is 0 Å². The van der Waals surface area contributed by atoms with Crippen molar-refractivity contribution in [2.75, 3.05) is 5.32 Å². The van der Waals surface area contributed by atoms with Gasteiger partial charge < -0.3 is 10.6 Å². The molecule has 19 heavy (non-hydrogen) atoms. The summed E-state index contributed by atoms with van der Waals surface area (Å²) in [5.74, 6) is 0.607. The number of hydrogen-bond acceptors (Lipinski definition) is 5. The van der Waals surface area contributed by atoms with Gasteiger partial charge in [0.05, 0.1) is 0 Å². The summed E-state index contributed by atoms with van der Waals surface area (Å²) in [6, 6.07) is 1.29. The van der Waals surface area contributed by atoms with Crippen molar-refractivity contribution in [3.8, 4) is 0 Å². The fourth-order valence-electron chi connectivity index (χ4n) is 3.12. The second-order valence-electron chi connectivity index (χ2n) is 5.35. The van der Waals surface area contributed by atoms with Gasteiger partial charge in [0.2, 0.25) is 11.0 Å². The second kappa shape index (κ2) is 6.15. The van der Waals surface area contributed by atoms with Gasteiger partial charge in [-0.05, 0) is 38.5 Å². The molecule has 2 aliphatic rings. The number of carbonyl (C=O) groups excluding carboxylic acids is 1. The van der Waals surface area contributed by atoms with E-state index >= 15 is 0 Å². The van der Waals surface area contributed by atoms with Crippen LogP contribution in [0.2, 0.25) is 0 Å². The van der Waals surface area contributed by atoms with Gasteiger partial charge in [0, 0.05) is 18.5 Å². The number of hydrogen-bond donors (Lipinski definition) is 2. The second-order valence-corrected chi connectivity index (χ2v) is 6.54. The van der Waals surface area contributed by atoms with Crippen molar-refractivity contribution >= 4 is 34.8 Å². The third kappa shape index (κ3) is 3.64. The van der Waals surface area contributed by atoms with Crippen LogP contribution in [-0.4, -0.2) is 28.2 Å². The lowest BCUT2D eigenvalue weighted by molar-refractivity contribution is -0.117. The third-order valence-corrected chi connectivity index (χ3v) is 4.57. The minimum Gasteiger partial charge on any atom is -0.311 e. The predicted octanol–water partition coefficient (Wildman–Crippen LogP) is 2.13. The molecule has 1 amide bonds. The Morgan fingerprint density at radius 2 is 2.05 bits per heavy atom. The zero-order valence-electron chi connectivity index (χ0n) is 10.9. The van der Waals surface area contributed by atoms with Crippen LogP contribution >= 0.6 is 23.7 Å². The largest absolute Gasteiger partial charge is 0.311 e. The molecule has 7 heteroatoms. The maximum atomic E-state index is 11.9. The number of rotatable bonds is 3. The van der Waals surface area contributed by atoms with Crippen molar-refractivity contribution in [3.63, 3.8) is 0 Å². The van der Waals surface area contributed by atoms with Gasteiger partial charge >= 0.3 is 0 Å². The average molecular weight is 303 g/mol. The molecule has 2 fully saturated rings. The Bertz CT molecular complexity index is 441. The number of aryl methyl sites for hydroxylation is 1. The van der Waals surface area contributed by atoms with Gasteiger partial charge in [-0.25, -0.2) is 0 Å². The van der Waals surface area contributed by atoms with Gasteiger partial charge in [0.15, 0.2) is 0 Å². The summed E-state index contributed by atoms with van der Waals surface area (Å²) in [6.07, 6.45) is 5.45. The Hall–Kier alpha value is -0.720. The van der Waals surface area contributed by atoms with Crippen LogP contribution in [0.5, 0.6) is 0 Å². The van der Waals surface area contributed by atoms with Crippen LogP contribution < -0.4 is 10.6 Å². The number of carbonyl (C=O) groups is 1. The quantitative estimate of drug-likeness (QED) is 0.897. The Labute approximate surface area is 123 Å². The molecule has 0 saturated carbocycles. The Morgan fingerprint density at radius 3 is 2.63 bits per heavy atom. The Morgan fingerprint density at radius 1 is 1.37 bits per heavy atom. The summed E-state index contributed by atoms with van der Waals surface area (Å²) >= 11 is 1.43. The highest BCUT2D eigenvalue weighted by molar-refractivity contribution is 7.15. The zero-order chi connectivity index (χ0) is 12.5. The fraction of sp³-hybridized carbons (Fsp3) is 0.750. The van der Waals surface area contributed by atoms with Crippen molar-refractivity contribution in [2.45, 2.75) is 51.1 Å². The van der Waals surface area contributed by atoms with Crippen LogP contribution in [0.3, 0.4) is 0 Å². The van der Waals surface area contributed by atoms with Crippen molar-refractivity contribution < 1.29 is 4.79 Å². The van der Waals surface area contributed by atoms with Crippen LogP contribution in [0.25, 0.3) is 0 Å². The highest BCUT2D eigenvalue weighted by Crippen LogP contribution is 2.32. The number of fused-ring (bicyclic) bond motifs is 2. The molecule has 2 aliphatic heterocycles. The van der Waals surface area contributed by atoms with Crippen LogP contribution in [-0.2, 0) is 4.79 Å². The number of amides is 1. The maximum Gasteiger partial charge on any atom is 0.226 e. The van der Waals surface area contributed by atoms with E-state index in [0.29, 0.717) is 29.6 Å². The SMILES string of the molecule is Cc1nnc(NC(=O)CC2CC3CCC(C2)N3)s1.Cl. The summed E-state index contributed by atoms with van der Waals surface area (Å²) in [4.78, 5) is 11.9. The van der Waals surface area contributed by atoms with Gasteiger partial charge in [-0.2, -0.15) is 0 Å². The predicted molar refractivity (Wildman–Crippen MR) is 77.8 cm³/mol. The van der Waals surface area contributed by atoms with Crippen molar-refractivity contribution in [1.29, 1.82) is 0 Å². The highest BCUT2D eigenvalue weighted by atomic mass is 35.5. The number of aromatic nitrogens is 2. The number of halogens is 1. The third-order valence-electron chi connectivity index (χ3n) is 3.82. The standard InChI is InChI=1S/C12H18N4OS.ClH/c1-7-15-16-12(18-7)14-11(17)6-8-4-9-2-3-10(5-8)13-9;/h8-10,13H,2-6H2,1H3,(H,14,16,17);1H. The number of piperidine rings is 1. The summed E-state index contributed by atoms with van der Waals surface area (Å²) in [5.41, 5.74) is 0. The zero-order valence-corrected chi connectivity index (χ0v) is 12.5. The topological polar surface area (TPSA) is 66.9 Å². The minimum atomic E-state index is 0. The summed E-state index contributed by atoms with van der Waals surface area (Å²) in [5, 5.41) is 15.7. The van der Waals surface area contributed by atoms with E-state index in [1.165, 1.54) is 24.2 Å². The molecule has 3 heterocycles. The van der Waals surface area contributed by atoms with E-state index in [9.17, 15) is 4.79 Å². The summed E-state index contributed by atoms with van der Waals surface area (Å²) < 4.78 is 0. The molecule has 1 aromatic rings. The molecular formula is C12H19ClN4OS. The summed E-state index contributed by atoms with van der Waals surface area (Å²) in [7, 11) is 0. The lowest BCUT2D eigenvalue weighted by Crippen LogP contribution is -2.39. The van der Waals surface area contributed by atoms with Crippen molar-refractivity contribution in [3.05, 3.63) is 5.01 Å². The van der Waals surface area contributed by atoms with E-state index in [-0.39, 0.29) is 18.3 Å². The first-order valence-corrected chi connectivity index (χ1v) is 7.36. The van der Waals surface area contributed by atoms with Crippen LogP contribution in [0.1, 0.15) is 37.1 Å². The van der Waals surface area contributed by atoms with Gasteiger partial charge in [-0.15, -0.1) is 22.6 Å². The molecule has 2 bridgehead atoms. The normalized spacial score (nSPS) is 28.8. The Balaban J connectivity index is 0.00000133. The minimum absolute atomic E-state index is 0. The molecule has 0 aromatic carbocycles.